The third kappa shape index (κ3) is 5.23. The van der Waals surface area contributed by atoms with Crippen LogP contribution in [0.4, 0.5) is 0 Å². The maximum absolute atomic E-state index is 12.5. The summed E-state index contributed by atoms with van der Waals surface area (Å²) < 4.78 is 28.9. The molecule has 1 aliphatic rings. The Morgan fingerprint density at radius 3 is 2.72 bits per heavy atom. The summed E-state index contributed by atoms with van der Waals surface area (Å²) in [6.07, 6.45) is 3.15. The summed E-state index contributed by atoms with van der Waals surface area (Å²) in [5.41, 5.74) is 7.28. The van der Waals surface area contributed by atoms with Crippen LogP contribution in [0.15, 0.2) is 72.9 Å². The van der Waals surface area contributed by atoms with Crippen LogP contribution >= 0.6 is 11.6 Å². The van der Waals surface area contributed by atoms with Crippen LogP contribution in [0.5, 0.6) is 0 Å². The zero-order valence-electron chi connectivity index (χ0n) is 19.6. The summed E-state index contributed by atoms with van der Waals surface area (Å²) in [5, 5.41) is 9.59. The molecule has 0 bridgehead atoms. The normalized spacial score (nSPS) is 14.1. The Hall–Kier alpha value is -3.01. The molecule has 2 heterocycles. The summed E-state index contributed by atoms with van der Waals surface area (Å²) in [6, 6.07) is 22.1. The van der Waals surface area contributed by atoms with Crippen molar-refractivity contribution in [3.63, 3.8) is 0 Å². The number of aliphatic hydroxyl groups excluding tert-OH is 1. The molecule has 7 nitrogen and oxygen atoms in total. The fraction of sp³-hybridized carbons (Fsp3) is 0.222. The van der Waals surface area contributed by atoms with Gasteiger partial charge in [0, 0.05) is 25.2 Å². The van der Waals surface area contributed by atoms with Gasteiger partial charge in [-0.1, -0.05) is 66.2 Å². The summed E-state index contributed by atoms with van der Waals surface area (Å²) in [6.45, 7) is 0.478. The molecule has 0 saturated carbocycles. The van der Waals surface area contributed by atoms with Crippen molar-refractivity contribution in [1.82, 2.24) is 19.0 Å². The second-order valence-electron chi connectivity index (χ2n) is 8.76. The van der Waals surface area contributed by atoms with Gasteiger partial charge >= 0.3 is 0 Å². The molecule has 3 N–H and O–H groups in total. The van der Waals surface area contributed by atoms with Crippen molar-refractivity contribution in [2.75, 3.05) is 19.7 Å². The van der Waals surface area contributed by atoms with Crippen molar-refractivity contribution in [3.05, 3.63) is 100 Å². The van der Waals surface area contributed by atoms with Crippen LogP contribution in [0.3, 0.4) is 0 Å². The molecule has 1 aliphatic heterocycles. The van der Waals surface area contributed by atoms with E-state index in [1.807, 2.05) is 60.8 Å². The zero-order valence-corrected chi connectivity index (χ0v) is 21.2. The van der Waals surface area contributed by atoms with Crippen LogP contribution < -0.4 is 4.72 Å². The Kier molecular flexibility index (Phi) is 7.22. The van der Waals surface area contributed by atoms with Crippen LogP contribution in [0.25, 0.3) is 22.6 Å². The molecule has 5 rings (SSSR count). The van der Waals surface area contributed by atoms with E-state index in [1.54, 1.807) is 0 Å². The molecule has 0 amide bonds. The Balaban J connectivity index is 1.38. The predicted octanol–water partition coefficient (Wildman–Crippen LogP) is 4.17. The average molecular weight is 523 g/mol. The maximum Gasteiger partial charge on any atom is 0.279 e. The van der Waals surface area contributed by atoms with Gasteiger partial charge in [0.2, 0.25) is 0 Å². The molecule has 0 spiro atoms. The van der Waals surface area contributed by atoms with Gasteiger partial charge in [0.1, 0.15) is 5.82 Å². The van der Waals surface area contributed by atoms with E-state index >= 15 is 0 Å². The first kappa shape index (κ1) is 24.7. The molecule has 9 heteroatoms. The van der Waals surface area contributed by atoms with Gasteiger partial charge in [-0.2, -0.15) is 17.4 Å². The van der Waals surface area contributed by atoms with Gasteiger partial charge in [0.25, 0.3) is 10.2 Å². The number of benzene rings is 3. The molecule has 0 fully saturated rings. The molecular formula is C27H27ClN4O3S. The third-order valence-electron chi connectivity index (χ3n) is 6.41. The molecular weight excluding hydrogens is 496 g/mol. The van der Waals surface area contributed by atoms with E-state index in [9.17, 15) is 8.42 Å². The lowest BCUT2D eigenvalue weighted by Gasteiger charge is -2.29. The number of rotatable bonds is 8. The fourth-order valence-electron chi connectivity index (χ4n) is 4.61. The lowest BCUT2D eigenvalue weighted by molar-refractivity contribution is 0.297. The molecule has 3 aromatic carbocycles. The molecule has 186 valence electrons. The lowest BCUT2D eigenvalue weighted by Crippen LogP contribution is -2.44. The third-order valence-corrected chi connectivity index (χ3v) is 8.30. The largest absolute Gasteiger partial charge is 0.395 e. The Labute approximate surface area is 216 Å². The standard InChI is InChI=1S/C27H27ClN4O3S/c28-25-10-9-19(16-24(25)27-29-17-26(31-27)20-5-2-1-3-6-20)15-21-7-4-8-22-18-32(13-11-23(21)22)36(34,35)30-12-14-33/h1-10,16-17,30,33H,11-15,18H2,(H,29,31). The molecule has 0 atom stereocenters. The highest BCUT2D eigenvalue weighted by Crippen LogP contribution is 2.31. The van der Waals surface area contributed by atoms with Crippen LogP contribution in [0.1, 0.15) is 22.3 Å². The average Bonchev–Trinajstić information content (AvgIpc) is 3.39. The number of hydrogen-bond donors (Lipinski definition) is 3. The highest BCUT2D eigenvalue weighted by atomic mass is 35.5. The van der Waals surface area contributed by atoms with E-state index in [0.717, 1.165) is 27.9 Å². The Bertz CT molecular complexity index is 1470. The number of nitrogens with one attached hydrogen (secondary N) is 2. The number of hydrogen-bond acceptors (Lipinski definition) is 4. The second-order valence-corrected chi connectivity index (χ2v) is 10.9. The molecule has 1 aromatic heterocycles. The van der Waals surface area contributed by atoms with Crippen molar-refractivity contribution in [3.8, 4) is 22.6 Å². The quantitative estimate of drug-likeness (QED) is 0.323. The summed E-state index contributed by atoms with van der Waals surface area (Å²) in [4.78, 5) is 7.95. The van der Waals surface area contributed by atoms with E-state index in [0.29, 0.717) is 36.8 Å². The number of aromatic nitrogens is 2. The fourth-order valence-corrected chi connectivity index (χ4v) is 5.99. The van der Waals surface area contributed by atoms with Crippen LogP contribution in [-0.4, -0.2) is 47.5 Å². The number of fused-ring (bicyclic) bond motifs is 1. The molecule has 36 heavy (non-hydrogen) atoms. The van der Waals surface area contributed by atoms with Gasteiger partial charge in [-0.05, 0) is 52.8 Å². The molecule has 0 radical (unpaired) electrons. The maximum atomic E-state index is 12.5. The summed E-state index contributed by atoms with van der Waals surface area (Å²) in [7, 11) is -3.62. The number of H-pyrrole nitrogens is 1. The smallest absolute Gasteiger partial charge is 0.279 e. The molecule has 0 unspecified atom stereocenters. The van der Waals surface area contributed by atoms with E-state index in [-0.39, 0.29) is 13.2 Å². The first-order chi connectivity index (χ1) is 17.4. The number of imidazole rings is 1. The highest BCUT2D eigenvalue weighted by molar-refractivity contribution is 7.87. The van der Waals surface area contributed by atoms with Crippen molar-refractivity contribution in [1.29, 1.82) is 0 Å². The number of halogens is 1. The lowest BCUT2D eigenvalue weighted by atomic mass is 9.91. The van der Waals surface area contributed by atoms with Gasteiger partial charge in [0.05, 0.1) is 23.5 Å². The van der Waals surface area contributed by atoms with E-state index < -0.39 is 10.2 Å². The van der Waals surface area contributed by atoms with Crippen LogP contribution in [-0.2, 0) is 29.6 Å². The highest BCUT2D eigenvalue weighted by Gasteiger charge is 2.27. The zero-order chi connectivity index (χ0) is 25.1. The van der Waals surface area contributed by atoms with Gasteiger partial charge in [-0.15, -0.1) is 0 Å². The minimum Gasteiger partial charge on any atom is -0.395 e. The van der Waals surface area contributed by atoms with Crippen molar-refractivity contribution in [2.45, 2.75) is 19.4 Å². The first-order valence-corrected chi connectivity index (χ1v) is 13.6. The van der Waals surface area contributed by atoms with E-state index in [4.69, 9.17) is 16.7 Å². The monoisotopic (exact) mass is 522 g/mol. The van der Waals surface area contributed by atoms with Gasteiger partial charge in [-0.3, -0.25) is 0 Å². The number of aromatic amines is 1. The van der Waals surface area contributed by atoms with E-state index in [2.05, 4.69) is 26.8 Å². The van der Waals surface area contributed by atoms with E-state index in [1.165, 1.54) is 15.4 Å². The second kappa shape index (κ2) is 10.5. The van der Waals surface area contributed by atoms with Crippen LogP contribution in [0.2, 0.25) is 5.02 Å². The SMILES string of the molecule is O=S(=O)(NCCO)N1CCc2c(Cc3ccc(Cl)c(-c4ncc(-c5ccccc5)[nH]4)c3)cccc2C1. The van der Waals surface area contributed by atoms with Crippen molar-refractivity contribution >= 4 is 21.8 Å². The Morgan fingerprint density at radius 1 is 1.08 bits per heavy atom. The topological polar surface area (TPSA) is 98.3 Å². The van der Waals surface area contributed by atoms with Gasteiger partial charge in [-0.25, -0.2) is 4.98 Å². The molecule has 4 aromatic rings. The summed E-state index contributed by atoms with van der Waals surface area (Å²) >= 11 is 6.56. The first-order valence-electron chi connectivity index (χ1n) is 11.8. The predicted molar refractivity (Wildman–Crippen MR) is 142 cm³/mol. The molecule has 0 saturated heterocycles. The number of aliphatic hydroxyl groups is 1. The van der Waals surface area contributed by atoms with Gasteiger partial charge in [0.15, 0.2) is 0 Å². The number of nitrogens with zero attached hydrogens (tertiary/aromatic N) is 2. The van der Waals surface area contributed by atoms with Gasteiger partial charge < -0.3 is 10.1 Å². The minimum absolute atomic E-state index is 0.00708. The minimum atomic E-state index is -3.62. The Morgan fingerprint density at radius 2 is 1.92 bits per heavy atom. The van der Waals surface area contributed by atoms with Crippen molar-refractivity contribution < 1.29 is 13.5 Å². The summed E-state index contributed by atoms with van der Waals surface area (Å²) in [5.74, 6) is 0.715. The molecule has 0 aliphatic carbocycles. The van der Waals surface area contributed by atoms with Crippen LogP contribution in [0, 0.1) is 0 Å². The van der Waals surface area contributed by atoms with Crippen molar-refractivity contribution in [2.24, 2.45) is 0 Å².